The molecule has 1 atom stereocenters. The number of rotatable bonds is 4. The molecule has 1 fully saturated rings. The average Bonchev–Trinajstić information content (AvgIpc) is 2.45. The number of carbonyl (C=O) groups excluding carboxylic acids is 1. The van der Waals surface area contributed by atoms with E-state index in [2.05, 4.69) is 10.2 Å². The molecule has 0 spiro atoms. The smallest absolute Gasteiger partial charge is 0.219 e. The fourth-order valence-electron chi connectivity index (χ4n) is 1.82. The van der Waals surface area contributed by atoms with Crippen LogP contribution in [0.25, 0.3) is 0 Å². The summed E-state index contributed by atoms with van der Waals surface area (Å²) in [6.45, 7) is 4.46. The third kappa shape index (κ3) is 3.64. The fraction of sp³-hybridized carbons (Fsp3) is 0.900. The predicted molar refractivity (Wildman–Crippen MR) is 55.0 cm³/mol. The number of likely N-dealkylation sites (tertiary alicyclic amines) is 1. The first-order valence-corrected chi connectivity index (χ1v) is 5.19. The SMILES string of the molecule is CNC(=O)CCCN1CCC(C)(O)C1. The molecule has 1 unspecified atom stereocenters. The quantitative estimate of drug-likeness (QED) is 0.670. The van der Waals surface area contributed by atoms with Crippen LogP contribution in [-0.2, 0) is 4.79 Å². The molecule has 4 nitrogen and oxygen atoms in total. The van der Waals surface area contributed by atoms with E-state index in [1.807, 2.05) is 6.92 Å². The van der Waals surface area contributed by atoms with E-state index in [4.69, 9.17) is 0 Å². The van der Waals surface area contributed by atoms with Gasteiger partial charge in [0.2, 0.25) is 5.91 Å². The summed E-state index contributed by atoms with van der Waals surface area (Å²) >= 11 is 0. The number of amides is 1. The Labute approximate surface area is 85.3 Å². The van der Waals surface area contributed by atoms with Gasteiger partial charge in [-0.25, -0.2) is 0 Å². The molecule has 1 aliphatic heterocycles. The number of carbonyl (C=O) groups is 1. The highest BCUT2D eigenvalue weighted by Gasteiger charge is 2.30. The van der Waals surface area contributed by atoms with Gasteiger partial charge in [-0.2, -0.15) is 0 Å². The van der Waals surface area contributed by atoms with Crippen molar-refractivity contribution in [2.45, 2.75) is 31.8 Å². The Hall–Kier alpha value is -0.610. The van der Waals surface area contributed by atoms with Gasteiger partial charge in [-0.1, -0.05) is 0 Å². The van der Waals surface area contributed by atoms with Crippen molar-refractivity contribution in [1.82, 2.24) is 10.2 Å². The Kier molecular flexibility index (Phi) is 3.89. The number of nitrogens with one attached hydrogen (secondary N) is 1. The maximum absolute atomic E-state index is 10.9. The van der Waals surface area contributed by atoms with Gasteiger partial charge in [-0.3, -0.25) is 4.79 Å². The lowest BCUT2D eigenvalue weighted by atomic mass is 10.1. The zero-order chi connectivity index (χ0) is 10.6. The first-order chi connectivity index (χ1) is 6.53. The lowest BCUT2D eigenvalue weighted by molar-refractivity contribution is -0.120. The lowest BCUT2D eigenvalue weighted by Gasteiger charge is -2.18. The first-order valence-electron chi connectivity index (χ1n) is 5.19. The lowest BCUT2D eigenvalue weighted by Crippen LogP contribution is -2.30. The van der Waals surface area contributed by atoms with Crippen LogP contribution in [-0.4, -0.2) is 48.2 Å². The van der Waals surface area contributed by atoms with Gasteiger partial charge in [0.1, 0.15) is 0 Å². The molecular formula is C10H20N2O2. The molecule has 2 N–H and O–H groups in total. The van der Waals surface area contributed by atoms with Gasteiger partial charge < -0.3 is 15.3 Å². The number of hydrogen-bond donors (Lipinski definition) is 2. The molecule has 0 aromatic carbocycles. The van der Waals surface area contributed by atoms with Crippen molar-refractivity contribution in [1.29, 1.82) is 0 Å². The molecular weight excluding hydrogens is 180 g/mol. The van der Waals surface area contributed by atoms with Gasteiger partial charge in [-0.05, 0) is 26.3 Å². The molecule has 0 aromatic rings. The maximum atomic E-state index is 10.9. The van der Waals surface area contributed by atoms with Gasteiger partial charge in [-0.15, -0.1) is 0 Å². The fourth-order valence-corrected chi connectivity index (χ4v) is 1.82. The second-order valence-electron chi connectivity index (χ2n) is 4.30. The van der Waals surface area contributed by atoms with Crippen molar-refractivity contribution in [3.05, 3.63) is 0 Å². The summed E-state index contributed by atoms with van der Waals surface area (Å²) in [5.74, 6) is 0.0935. The van der Waals surface area contributed by atoms with Crippen LogP contribution in [0.15, 0.2) is 0 Å². The minimum absolute atomic E-state index is 0.0935. The Morgan fingerprint density at radius 3 is 2.86 bits per heavy atom. The van der Waals surface area contributed by atoms with Crippen molar-refractivity contribution < 1.29 is 9.90 Å². The van der Waals surface area contributed by atoms with Crippen LogP contribution in [0, 0.1) is 0 Å². The van der Waals surface area contributed by atoms with Crippen LogP contribution >= 0.6 is 0 Å². The third-order valence-electron chi connectivity index (χ3n) is 2.69. The highest BCUT2D eigenvalue weighted by atomic mass is 16.3. The molecule has 1 saturated heterocycles. The Balaban J connectivity index is 2.12. The summed E-state index contributed by atoms with van der Waals surface area (Å²) in [4.78, 5) is 13.1. The maximum Gasteiger partial charge on any atom is 0.219 e. The zero-order valence-corrected chi connectivity index (χ0v) is 9.05. The second-order valence-corrected chi connectivity index (χ2v) is 4.30. The van der Waals surface area contributed by atoms with Crippen LogP contribution in [0.1, 0.15) is 26.2 Å². The van der Waals surface area contributed by atoms with Crippen molar-refractivity contribution in [3.63, 3.8) is 0 Å². The van der Waals surface area contributed by atoms with E-state index in [1.165, 1.54) is 0 Å². The number of β-amino-alcohol motifs (C(OH)–C–C–N with tert-alkyl or cyclic N) is 1. The monoisotopic (exact) mass is 200 g/mol. The van der Waals surface area contributed by atoms with Crippen molar-refractivity contribution in [2.75, 3.05) is 26.7 Å². The number of nitrogens with zero attached hydrogens (tertiary/aromatic N) is 1. The predicted octanol–water partition coefficient (Wildman–Crippen LogP) is -0.0307. The highest BCUT2D eigenvalue weighted by Crippen LogP contribution is 2.20. The Morgan fingerprint density at radius 2 is 2.36 bits per heavy atom. The van der Waals surface area contributed by atoms with Crippen LogP contribution in [0.4, 0.5) is 0 Å². The highest BCUT2D eigenvalue weighted by molar-refractivity contribution is 5.75. The summed E-state index contributed by atoms with van der Waals surface area (Å²) in [6, 6.07) is 0. The number of aliphatic hydroxyl groups is 1. The normalized spacial score (nSPS) is 27.9. The molecule has 1 heterocycles. The number of hydrogen-bond acceptors (Lipinski definition) is 3. The first kappa shape index (κ1) is 11.5. The molecule has 1 aliphatic rings. The molecule has 82 valence electrons. The minimum atomic E-state index is -0.521. The van der Waals surface area contributed by atoms with E-state index in [9.17, 15) is 9.90 Å². The molecule has 0 radical (unpaired) electrons. The van der Waals surface area contributed by atoms with Gasteiger partial charge >= 0.3 is 0 Å². The standard InChI is InChI=1S/C10H20N2O2/c1-10(14)5-7-12(8-10)6-3-4-9(13)11-2/h14H,3-8H2,1-2H3,(H,11,13). The van der Waals surface area contributed by atoms with Gasteiger partial charge in [0.15, 0.2) is 0 Å². The van der Waals surface area contributed by atoms with Crippen molar-refractivity contribution >= 4 is 5.91 Å². The molecule has 14 heavy (non-hydrogen) atoms. The summed E-state index contributed by atoms with van der Waals surface area (Å²) in [5, 5.41) is 12.3. The zero-order valence-electron chi connectivity index (χ0n) is 9.05. The molecule has 1 amide bonds. The van der Waals surface area contributed by atoms with Gasteiger partial charge in [0.05, 0.1) is 5.60 Å². The van der Waals surface area contributed by atoms with E-state index in [0.717, 1.165) is 32.5 Å². The van der Waals surface area contributed by atoms with Gasteiger partial charge in [0, 0.05) is 26.6 Å². The topological polar surface area (TPSA) is 52.6 Å². The third-order valence-corrected chi connectivity index (χ3v) is 2.69. The average molecular weight is 200 g/mol. The van der Waals surface area contributed by atoms with Crippen molar-refractivity contribution in [2.24, 2.45) is 0 Å². The molecule has 4 heteroatoms. The summed E-state index contributed by atoms with van der Waals surface area (Å²) in [7, 11) is 1.66. The van der Waals surface area contributed by atoms with Crippen LogP contribution < -0.4 is 5.32 Å². The van der Waals surface area contributed by atoms with Crippen molar-refractivity contribution in [3.8, 4) is 0 Å². The summed E-state index contributed by atoms with van der Waals surface area (Å²) in [5.41, 5.74) is -0.521. The van der Waals surface area contributed by atoms with Crippen LogP contribution in [0.2, 0.25) is 0 Å². The van der Waals surface area contributed by atoms with Crippen LogP contribution in [0.3, 0.4) is 0 Å². The molecule has 0 aromatic heterocycles. The van der Waals surface area contributed by atoms with E-state index >= 15 is 0 Å². The molecule has 0 aliphatic carbocycles. The summed E-state index contributed by atoms with van der Waals surface area (Å²) < 4.78 is 0. The molecule has 0 bridgehead atoms. The van der Waals surface area contributed by atoms with E-state index in [-0.39, 0.29) is 5.91 Å². The minimum Gasteiger partial charge on any atom is -0.389 e. The molecule has 1 rings (SSSR count). The Bertz CT molecular complexity index is 204. The second kappa shape index (κ2) is 4.75. The van der Waals surface area contributed by atoms with E-state index in [0.29, 0.717) is 6.42 Å². The van der Waals surface area contributed by atoms with Crippen LogP contribution in [0.5, 0.6) is 0 Å². The summed E-state index contributed by atoms with van der Waals surface area (Å²) in [6.07, 6.45) is 2.29. The van der Waals surface area contributed by atoms with Gasteiger partial charge in [0.25, 0.3) is 0 Å². The van der Waals surface area contributed by atoms with E-state index < -0.39 is 5.60 Å². The molecule has 0 saturated carbocycles. The largest absolute Gasteiger partial charge is 0.389 e. The van der Waals surface area contributed by atoms with E-state index in [1.54, 1.807) is 7.05 Å². The Morgan fingerprint density at radius 1 is 1.64 bits per heavy atom.